The third-order valence-corrected chi connectivity index (χ3v) is 5.52. The number of carbonyl (C=O) groups excluding carboxylic acids is 2. The molecule has 0 aliphatic carbocycles. The minimum Gasteiger partial charge on any atom is -0.351 e. The summed E-state index contributed by atoms with van der Waals surface area (Å²) in [5.41, 5.74) is 3.41. The number of hydroxylamine groups is 2. The number of nitrogens with one attached hydrogen (secondary N) is 1. The van der Waals surface area contributed by atoms with Gasteiger partial charge in [-0.1, -0.05) is 30.3 Å². The van der Waals surface area contributed by atoms with Crippen LogP contribution in [-0.2, 0) is 22.6 Å². The number of likely N-dealkylation sites (N-methyl/N-ethyl adjacent to an activating group) is 1. The molecule has 2 aromatic carbocycles. The van der Waals surface area contributed by atoms with E-state index in [1.165, 1.54) is 10.6 Å². The van der Waals surface area contributed by atoms with E-state index >= 15 is 0 Å². The van der Waals surface area contributed by atoms with E-state index in [-0.39, 0.29) is 5.91 Å². The molecule has 0 bridgehead atoms. The predicted octanol–water partition coefficient (Wildman–Crippen LogP) is 4.22. The molecule has 0 atom stereocenters. The molecule has 3 rings (SSSR count). The maximum Gasteiger partial charge on any atom is 0.251 e. The molecule has 1 aromatic heterocycles. The highest BCUT2D eigenvalue weighted by atomic mass is 16.7. The Morgan fingerprint density at radius 2 is 1.80 bits per heavy atom. The van der Waals surface area contributed by atoms with E-state index in [4.69, 9.17) is 4.84 Å². The van der Waals surface area contributed by atoms with Gasteiger partial charge in [0.1, 0.15) is 0 Å². The van der Waals surface area contributed by atoms with Crippen molar-refractivity contribution in [3.05, 3.63) is 77.5 Å². The number of pyridine rings is 1. The van der Waals surface area contributed by atoms with Gasteiger partial charge < -0.3 is 10.2 Å². The zero-order valence-electron chi connectivity index (χ0n) is 21.2. The Morgan fingerprint density at radius 3 is 2.51 bits per heavy atom. The van der Waals surface area contributed by atoms with Gasteiger partial charge in [0, 0.05) is 30.2 Å². The number of benzene rings is 2. The van der Waals surface area contributed by atoms with Crippen LogP contribution in [0.1, 0.15) is 48.7 Å². The average molecular weight is 477 g/mol. The summed E-state index contributed by atoms with van der Waals surface area (Å²) >= 11 is 0. The minimum absolute atomic E-state index is 0.0645. The van der Waals surface area contributed by atoms with Crippen LogP contribution in [0.25, 0.3) is 10.9 Å². The first kappa shape index (κ1) is 26.3. The van der Waals surface area contributed by atoms with Gasteiger partial charge in [0.2, 0.25) is 6.41 Å². The lowest BCUT2D eigenvalue weighted by Crippen LogP contribution is -2.33. The molecule has 0 spiro atoms. The smallest absolute Gasteiger partial charge is 0.251 e. The van der Waals surface area contributed by atoms with Crippen LogP contribution in [0.2, 0.25) is 0 Å². The molecule has 3 aromatic rings. The Morgan fingerprint density at radius 1 is 1.06 bits per heavy atom. The highest BCUT2D eigenvalue weighted by Crippen LogP contribution is 2.15. The van der Waals surface area contributed by atoms with Crippen molar-refractivity contribution in [2.24, 2.45) is 0 Å². The third-order valence-electron chi connectivity index (χ3n) is 5.52. The zero-order chi connectivity index (χ0) is 25.3. The Labute approximate surface area is 208 Å². The molecule has 0 unspecified atom stereocenters. The zero-order valence-corrected chi connectivity index (χ0v) is 21.2. The predicted molar refractivity (Wildman–Crippen MR) is 139 cm³/mol. The summed E-state index contributed by atoms with van der Waals surface area (Å²) in [5.74, 6) is -0.0645. The molecule has 186 valence electrons. The molecule has 0 fully saturated rings. The van der Waals surface area contributed by atoms with Crippen LogP contribution in [0.15, 0.2) is 60.8 Å². The molecule has 7 heteroatoms. The average Bonchev–Trinajstić information content (AvgIpc) is 2.83. The summed E-state index contributed by atoms with van der Waals surface area (Å²) in [5, 5.41) is 5.30. The van der Waals surface area contributed by atoms with Crippen molar-refractivity contribution in [2.45, 2.75) is 45.8 Å². The van der Waals surface area contributed by atoms with E-state index in [0.29, 0.717) is 18.7 Å². The van der Waals surface area contributed by atoms with Crippen molar-refractivity contribution in [3.8, 4) is 0 Å². The summed E-state index contributed by atoms with van der Waals surface area (Å²) in [6.45, 7) is 8.50. The monoisotopic (exact) mass is 476 g/mol. The third kappa shape index (κ3) is 8.77. The fourth-order valence-corrected chi connectivity index (χ4v) is 3.78. The van der Waals surface area contributed by atoms with Gasteiger partial charge in [-0.25, -0.2) is 5.06 Å². The van der Waals surface area contributed by atoms with Crippen LogP contribution < -0.4 is 5.32 Å². The first-order chi connectivity index (χ1) is 16.7. The standard InChI is InChI=1S/C28H36N4O3/c1-28(2,3)35-32(21-33)20-23-11-9-22(10-12-23)7-6-17-31(4)18-16-30-27(34)25-13-14-26-24(19-25)8-5-15-29-26/h5,8-15,19,21H,6-7,16-18,20H2,1-4H3,(H,30,34). The van der Waals surface area contributed by atoms with Crippen LogP contribution in [0.5, 0.6) is 0 Å². The Bertz CT molecular complexity index is 1110. The van der Waals surface area contributed by atoms with Crippen molar-refractivity contribution in [1.29, 1.82) is 0 Å². The second-order valence-electron chi connectivity index (χ2n) is 9.77. The second-order valence-corrected chi connectivity index (χ2v) is 9.77. The molecular weight excluding hydrogens is 440 g/mol. The van der Waals surface area contributed by atoms with Crippen molar-refractivity contribution in [2.75, 3.05) is 26.7 Å². The molecule has 0 saturated heterocycles. The number of aryl methyl sites for hydroxylation is 1. The number of nitrogens with zero attached hydrogens (tertiary/aromatic N) is 3. The lowest BCUT2D eigenvalue weighted by atomic mass is 10.1. The molecule has 2 amide bonds. The Hall–Kier alpha value is -3.29. The van der Waals surface area contributed by atoms with Gasteiger partial charge >= 0.3 is 0 Å². The van der Waals surface area contributed by atoms with Gasteiger partial charge in [-0.3, -0.25) is 19.4 Å². The highest BCUT2D eigenvalue weighted by Gasteiger charge is 2.16. The van der Waals surface area contributed by atoms with Gasteiger partial charge in [-0.2, -0.15) is 0 Å². The maximum atomic E-state index is 12.5. The van der Waals surface area contributed by atoms with Crippen molar-refractivity contribution in [3.63, 3.8) is 0 Å². The van der Waals surface area contributed by atoms with Gasteiger partial charge in [-0.05, 0) is 82.6 Å². The van der Waals surface area contributed by atoms with Crippen LogP contribution >= 0.6 is 0 Å². The van der Waals surface area contributed by atoms with Crippen molar-refractivity contribution in [1.82, 2.24) is 20.3 Å². The molecule has 35 heavy (non-hydrogen) atoms. The first-order valence-corrected chi connectivity index (χ1v) is 12.0. The van der Waals surface area contributed by atoms with Gasteiger partial charge in [0.15, 0.2) is 0 Å². The van der Waals surface area contributed by atoms with Crippen LogP contribution in [0, 0.1) is 0 Å². The SMILES string of the molecule is CN(CCCc1ccc(CN(C=O)OC(C)(C)C)cc1)CCNC(=O)c1ccc2ncccc2c1. The van der Waals surface area contributed by atoms with Gasteiger partial charge in [0.05, 0.1) is 17.7 Å². The number of aromatic nitrogens is 1. The number of amides is 2. The molecule has 1 N–H and O–H groups in total. The van der Waals surface area contributed by atoms with Gasteiger partial charge in [-0.15, -0.1) is 0 Å². The quantitative estimate of drug-likeness (QED) is 0.313. The molecular formula is C28H36N4O3. The normalized spacial score (nSPS) is 11.6. The Kier molecular flexibility index (Phi) is 9.34. The van der Waals surface area contributed by atoms with E-state index in [9.17, 15) is 9.59 Å². The van der Waals surface area contributed by atoms with E-state index in [2.05, 4.69) is 34.4 Å². The number of fused-ring (bicyclic) bond motifs is 1. The lowest BCUT2D eigenvalue weighted by molar-refractivity contribution is -0.220. The second kappa shape index (κ2) is 12.4. The van der Waals surface area contributed by atoms with Crippen LogP contribution in [-0.4, -0.2) is 59.5 Å². The highest BCUT2D eigenvalue weighted by molar-refractivity contribution is 5.97. The van der Waals surface area contributed by atoms with E-state index in [0.717, 1.165) is 48.8 Å². The molecule has 0 aliphatic heterocycles. The van der Waals surface area contributed by atoms with Crippen molar-refractivity contribution < 1.29 is 14.4 Å². The number of hydrogen-bond donors (Lipinski definition) is 1. The fraction of sp³-hybridized carbons (Fsp3) is 0.393. The number of hydrogen-bond acceptors (Lipinski definition) is 5. The summed E-state index contributed by atoms with van der Waals surface area (Å²) in [6.07, 6.45) is 4.46. The summed E-state index contributed by atoms with van der Waals surface area (Å²) in [7, 11) is 2.07. The maximum absolute atomic E-state index is 12.5. The molecule has 0 saturated carbocycles. The molecule has 7 nitrogen and oxygen atoms in total. The minimum atomic E-state index is -0.413. The summed E-state index contributed by atoms with van der Waals surface area (Å²) < 4.78 is 0. The van der Waals surface area contributed by atoms with E-state index < -0.39 is 5.60 Å². The molecule has 0 aliphatic rings. The van der Waals surface area contributed by atoms with E-state index in [1.54, 1.807) is 6.20 Å². The number of carbonyl (C=O) groups is 2. The summed E-state index contributed by atoms with van der Waals surface area (Å²) in [4.78, 5) is 35.9. The van der Waals surface area contributed by atoms with Gasteiger partial charge in [0.25, 0.3) is 5.91 Å². The Balaban J connectivity index is 1.35. The van der Waals surface area contributed by atoms with Crippen LogP contribution in [0.3, 0.4) is 0 Å². The molecule has 1 heterocycles. The van der Waals surface area contributed by atoms with Crippen LogP contribution in [0.4, 0.5) is 0 Å². The summed E-state index contributed by atoms with van der Waals surface area (Å²) in [6, 6.07) is 17.7. The largest absolute Gasteiger partial charge is 0.351 e. The number of rotatable bonds is 12. The molecule has 0 radical (unpaired) electrons. The topological polar surface area (TPSA) is 74.8 Å². The fourth-order valence-electron chi connectivity index (χ4n) is 3.78. The van der Waals surface area contributed by atoms with Crippen molar-refractivity contribution >= 4 is 23.2 Å². The lowest BCUT2D eigenvalue weighted by Gasteiger charge is -2.26. The van der Waals surface area contributed by atoms with E-state index in [1.807, 2.05) is 63.2 Å². The first-order valence-electron chi connectivity index (χ1n) is 12.0.